The Morgan fingerprint density at radius 1 is 1.59 bits per heavy atom. The largest absolute Gasteiger partial charge is 0.481 e. The lowest BCUT2D eigenvalue weighted by molar-refractivity contribution is -0.147. The summed E-state index contributed by atoms with van der Waals surface area (Å²) >= 11 is 0. The summed E-state index contributed by atoms with van der Waals surface area (Å²) in [6, 6.07) is 1.97. The highest BCUT2D eigenvalue weighted by Crippen LogP contribution is 2.22. The van der Waals surface area contributed by atoms with Gasteiger partial charge in [0.2, 0.25) is 0 Å². The summed E-state index contributed by atoms with van der Waals surface area (Å²) in [4.78, 5) is 11.2. The van der Waals surface area contributed by atoms with E-state index >= 15 is 0 Å². The number of aryl methyl sites for hydroxylation is 2. The smallest absolute Gasteiger partial charge is 0.311 e. The Bertz CT molecular complexity index is 400. The van der Waals surface area contributed by atoms with Gasteiger partial charge in [0, 0.05) is 25.2 Å². The van der Waals surface area contributed by atoms with Crippen LogP contribution in [-0.2, 0) is 24.2 Å². The summed E-state index contributed by atoms with van der Waals surface area (Å²) in [5.74, 6) is -0.859. The van der Waals surface area contributed by atoms with Gasteiger partial charge in [0.05, 0.1) is 11.1 Å². The van der Waals surface area contributed by atoms with Crippen molar-refractivity contribution < 1.29 is 9.90 Å². The normalized spacial score (nSPS) is 14.6. The molecule has 17 heavy (non-hydrogen) atoms. The lowest BCUT2D eigenvalue weighted by atomic mass is 9.85. The number of nitrogens with zero attached hydrogens (tertiary/aromatic N) is 2. The van der Waals surface area contributed by atoms with E-state index in [1.165, 1.54) is 0 Å². The molecule has 0 amide bonds. The van der Waals surface area contributed by atoms with Crippen molar-refractivity contribution in [1.29, 1.82) is 0 Å². The molecule has 0 aliphatic heterocycles. The van der Waals surface area contributed by atoms with Crippen molar-refractivity contribution in [3.05, 3.63) is 17.5 Å². The lowest BCUT2D eigenvalue weighted by Crippen LogP contribution is -2.38. The summed E-state index contributed by atoms with van der Waals surface area (Å²) in [6.07, 6.45) is 1.27. The SMILES string of the molecule is CCc1cc(CC(C)(CN)C(=O)O)n(CC)n1. The third-order valence-corrected chi connectivity index (χ3v) is 3.11. The molecule has 0 aromatic carbocycles. The Kier molecular flexibility index (Phi) is 4.28. The number of nitrogens with two attached hydrogens (primary N) is 1. The first-order chi connectivity index (χ1) is 7.96. The van der Waals surface area contributed by atoms with Gasteiger partial charge in [-0.3, -0.25) is 9.48 Å². The molecule has 5 heteroatoms. The minimum absolute atomic E-state index is 0.124. The van der Waals surface area contributed by atoms with Gasteiger partial charge in [-0.15, -0.1) is 0 Å². The molecule has 0 saturated heterocycles. The van der Waals surface area contributed by atoms with E-state index in [1.54, 1.807) is 6.92 Å². The molecule has 0 bridgehead atoms. The van der Waals surface area contributed by atoms with Crippen LogP contribution in [0.4, 0.5) is 0 Å². The van der Waals surface area contributed by atoms with E-state index in [-0.39, 0.29) is 6.54 Å². The Hall–Kier alpha value is -1.36. The number of hydrogen-bond acceptors (Lipinski definition) is 3. The Morgan fingerprint density at radius 2 is 2.24 bits per heavy atom. The van der Waals surface area contributed by atoms with Gasteiger partial charge < -0.3 is 10.8 Å². The molecular formula is C12H21N3O2. The molecule has 1 atom stereocenters. The van der Waals surface area contributed by atoms with Crippen molar-refractivity contribution in [1.82, 2.24) is 9.78 Å². The fraction of sp³-hybridized carbons (Fsp3) is 0.667. The second-order valence-electron chi connectivity index (χ2n) is 4.54. The second kappa shape index (κ2) is 5.31. The van der Waals surface area contributed by atoms with Gasteiger partial charge in [0.1, 0.15) is 0 Å². The summed E-state index contributed by atoms with van der Waals surface area (Å²) in [6.45, 7) is 6.57. The van der Waals surface area contributed by atoms with E-state index in [0.717, 1.165) is 24.4 Å². The first-order valence-electron chi connectivity index (χ1n) is 5.96. The predicted octanol–water partition coefficient (Wildman–Crippen LogP) is 1.06. The lowest BCUT2D eigenvalue weighted by Gasteiger charge is -2.22. The third kappa shape index (κ3) is 2.85. The van der Waals surface area contributed by atoms with Gasteiger partial charge >= 0.3 is 5.97 Å². The van der Waals surface area contributed by atoms with E-state index < -0.39 is 11.4 Å². The van der Waals surface area contributed by atoms with Crippen LogP contribution in [0.1, 0.15) is 32.2 Å². The molecule has 1 unspecified atom stereocenters. The number of carbonyl (C=O) groups is 1. The number of carboxylic acid groups (broad SMARTS) is 1. The third-order valence-electron chi connectivity index (χ3n) is 3.11. The highest BCUT2D eigenvalue weighted by molar-refractivity contribution is 5.74. The molecule has 5 nitrogen and oxygen atoms in total. The Labute approximate surface area is 102 Å². The fourth-order valence-electron chi connectivity index (χ4n) is 1.74. The highest BCUT2D eigenvalue weighted by Gasteiger charge is 2.33. The van der Waals surface area contributed by atoms with Gasteiger partial charge in [-0.1, -0.05) is 6.92 Å². The van der Waals surface area contributed by atoms with Gasteiger partial charge in [-0.25, -0.2) is 0 Å². The zero-order chi connectivity index (χ0) is 13.1. The number of aromatic nitrogens is 2. The van der Waals surface area contributed by atoms with Crippen LogP contribution in [0.3, 0.4) is 0 Å². The first kappa shape index (κ1) is 13.7. The van der Waals surface area contributed by atoms with Crippen molar-refractivity contribution in [2.75, 3.05) is 6.54 Å². The first-order valence-corrected chi connectivity index (χ1v) is 5.96. The minimum Gasteiger partial charge on any atom is -0.481 e. The van der Waals surface area contributed by atoms with Crippen LogP contribution in [0.2, 0.25) is 0 Å². The average molecular weight is 239 g/mol. The molecule has 3 N–H and O–H groups in total. The summed E-state index contributed by atoms with van der Waals surface area (Å²) in [7, 11) is 0. The maximum absolute atomic E-state index is 11.2. The van der Waals surface area contributed by atoms with Crippen LogP contribution in [0.5, 0.6) is 0 Å². The maximum atomic E-state index is 11.2. The van der Waals surface area contributed by atoms with Crippen LogP contribution < -0.4 is 5.73 Å². The van der Waals surface area contributed by atoms with Crippen molar-refractivity contribution in [3.8, 4) is 0 Å². The van der Waals surface area contributed by atoms with Crippen molar-refractivity contribution in [2.24, 2.45) is 11.1 Å². The van der Waals surface area contributed by atoms with Crippen molar-refractivity contribution in [3.63, 3.8) is 0 Å². The van der Waals surface area contributed by atoms with Crippen LogP contribution in [-0.4, -0.2) is 27.4 Å². The number of hydrogen-bond donors (Lipinski definition) is 2. The standard InChI is InChI=1S/C12H21N3O2/c1-4-9-6-10(15(5-2)14-9)7-12(3,8-13)11(16)17/h6H,4-5,7-8,13H2,1-3H3,(H,16,17). The van der Waals surface area contributed by atoms with Gasteiger partial charge in [0.15, 0.2) is 0 Å². The molecule has 1 heterocycles. The Morgan fingerprint density at radius 3 is 2.65 bits per heavy atom. The molecule has 0 aliphatic carbocycles. The summed E-state index contributed by atoms with van der Waals surface area (Å²) < 4.78 is 1.86. The monoisotopic (exact) mass is 239 g/mol. The van der Waals surface area contributed by atoms with Gasteiger partial charge in [-0.05, 0) is 26.3 Å². The van der Waals surface area contributed by atoms with E-state index in [1.807, 2.05) is 24.6 Å². The van der Waals surface area contributed by atoms with E-state index in [4.69, 9.17) is 5.73 Å². The molecular weight excluding hydrogens is 218 g/mol. The Balaban J connectivity index is 3.00. The quantitative estimate of drug-likeness (QED) is 0.777. The molecule has 0 aliphatic rings. The van der Waals surface area contributed by atoms with Gasteiger partial charge in [-0.2, -0.15) is 5.10 Å². The van der Waals surface area contributed by atoms with E-state index in [9.17, 15) is 9.90 Å². The molecule has 1 aromatic rings. The molecule has 1 aromatic heterocycles. The number of rotatable bonds is 6. The van der Waals surface area contributed by atoms with Crippen molar-refractivity contribution >= 4 is 5.97 Å². The minimum atomic E-state index is -0.919. The van der Waals surface area contributed by atoms with E-state index in [0.29, 0.717) is 6.42 Å². The second-order valence-corrected chi connectivity index (χ2v) is 4.54. The van der Waals surface area contributed by atoms with E-state index in [2.05, 4.69) is 5.10 Å². The molecule has 0 fully saturated rings. The zero-order valence-electron chi connectivity index (χ0n) is 10.7. The summed E-state index contributed by atoms with van der Waals surface area (Å²) in [5, 5.41) is 13.6. The topological polar surface area (TPSA) is 81.1 Å². The molecule has 0 saturated carbocycles. The highest BCUT2D eigenvalue weighted by atomic mass is 16.4. The van der Waals surface area contributed by atoms with Crippen LogP contribution in [0.15, 0.2) is 6.07 Å². The summed E-state index contributed by atoms with van der Waals surface area (Å²) in [5.41, 5.74) is 6.59. The van der Waals surface area contributed by atoms with Crippen LogP contribution in [0.25, 0.3) is 0 Å². The average Bonchev–Trinajstić information content (AvgIpc) is 2.70. The predicted molar refractivity (Wildman–Crippen MR) is 65.8 cm³/mol. The zero-order valence-corrected chi connectivity index (χ0v) is 10.7. The molecule has 1 rings (SSSR count). The van der Waals surface area contributed by atoms with Gasteiger partial charge in [0.25, 0.3) is 0 Å². The molecule has 0 radical (unpaired) electrons. The molecule has 96 valence electrons. The molecule has 0 spiro atoms. The maximum Gasteiger partial charge on any atom is 0.311 e. The fourth-order valence-corrected chi connectivity index (χ4v) is 1.74. The van der Waals surface area contributed by atoms with Crippen molar-refractivity contribution in [2.45, 2.75) is 40.2 Å². The van der Waals surface area contributed by atoms with Crippen LogP contribution in [0, 0.1) is 5.41 Å². The number of carboxylic acids is 1. The number of aliphatic carboxylic acids is 1. The van der Waals surface area contributed by atoms with Crippen LogP contribution >= 0.6 is 0 Å².